The van der Waals surface area contributed by atoms with Gasteiger partial charge >= 0.3 is 0 Å². The van der Waals surface area contributed by atoms with E-state index >= 15 is 0 Å². The minimum absolute atomic E-state index is 0.551. The van der Waals surface area contributed by atoms with Gasteiger partial charge in [-0.25, -0.2) is 4.98 Å². The lowest BCUT2D eigenvalue weighted by Gasteiger charge is -2.14. The summed E-state index contributed by atoms with van der Waals surface area (Å²) in [5.41, 5.74) is 6.08. The van der Waals surface area contributed by atoms with Crippen LogP contribution in [0.4, 0.5) is 0 Å². The van der Waals surface area contributed by atoms with Crippen molar-refractivity contribution in [2.45, 2.75) is 52.4 Å². The van der Waals surface area contributed by atoms with Crippen LogP contribution in [0.3, 0.4) is 0 Å². The van der Waals surface area contributed by atoms with Crippen molar-refractivity contribution in [3.8, 4) is 0 Å². The predicted octanol–water partition coefficient (Wildman–Crippen LogP) is 5.32. The third-order valence-electron chi connectivity index (χ3n) is 3.42. The topological polar surface area (TPSA) is 12.9 Å². The first kappa shape index (κ1) is 12.6. The van der Waals surface area contributed by atoms with Crippen LogP contribution >= 0.6 is 11.3 Å². The van der Waals surface area contributed by atoms with Crippen molar-refractivity contribution in [3.63, 3.8) is 0 Å². The highest BCUT2D eigenvalue weighted by molar-refractivity contribution is 7.17. The highest BCUT2D eigenvalue weighted by Gasteiger charge is 2.14. The molecule has 0 amide bonds. The number of hydrogen-bond acceptors (Lipinski definition) is 2. The second-order valence-electron chi connectivity index (χ2n) is 5.12. The van der Waals surface area contributed by atoms with Gasteiger partial charge < -0.3 is 0 Å². The van der Waals surface area contributed by atoms with Gasteiger partial charge in [-0.2, -0.15) is 0 Å². The molecular formula is C15H21NS. The predicted molar refractivity (Wildman–Crippen MR) is 77.0 cm³/mol. The van der Waals surface area contributed by atoms with Crippen molar-refractivity contribution in [3.05, 3.63) is 28.8 Å². The van der Waals surface area contributed by atoms with Crippen LogP contribution in [0.1, 0.15) is 63.5 Å². The number of nitrogens with zero attached hydrogens (tertiary/aromatic N) is 1. The number of aromatic nitrogens is 1. The zero-order valence-electron chi connectivity index (χ0n) is 11.2. The van der Waals surface area contributed by atoms with Gasteiger partial charge in [0, 0.05) is 0 Å². The first-order valence-corrected chi connectivity index (χ1v) is 7.39. The molecule has 0 bridgehead atoms. The molecule has 1 nitrogen and oxygen atoms in total. The van der Waals surface area contributed by atoms with Crippen molar-refractivity contribution in [2.24, 2.45) is 0 Å². The fourth-order valence-electron chi connectivity index (χ4n) is 2.43. The van der Waals surface area contributed by atoms with Crippen LogP contribution in [0.15, 0.2) is 17.6 Å². The van der Waals surface area contributed by atoms with Gasteiger partial charge in [0.05, 0.1) is 15.7 Å². The van der Waals surface area contributed by atoms with Crippen LogP contribution < -0.4 is 0 Å². The van der Waals surface area contributed by atoms with Crippen LogP contribution in [-0.4, -0.2) is 4.98 Å². The zero-order chi connectivity index (χ0) is 12.4. The van der Waals surface area contributed by atoms with Gasteiger partial charge in [0.2, 0.25) is 0 Å². The monoisotopic (exact) mass is 247 g/mol. The van der Waals surface area contributed by atoms with Gasteiger partial charge in [-0.05, 0) is 29.4 Å². The number of benzene rings is 1. The molecule has 0 saturated heterocycles. The summed E-state index contributed by atoms with van der Waals surface area (Å²) in [5.74, 6) is 1.19. The molecule has 1 aromatic carbocycles. The molecule has 0 aliphatic rings. The van der Waals surface area contributed by atoms with Gasteiger partial charge in [0.25, 0.3) is 0 Å². The van der Waals surface area contributed by atoms with Crippen molar-refractivity contribution in [1.82, 2.24) is 4.98 Å². The SMILES string of the molecule is CCCC(C)c1ccc(C(C)C)c2ncsc12. The number of rotatable bonds is 4. The molecule has 1 unspecified atom stereocenters. The van der Waals surface area contributed by atoms with Crippen molar-refractivity contribution in [1.29, 1.82) is 0 Å². The molecule has 0 radical (unpaired) electrons. The van der Waals surface area contributed by atoms with E-state index in [1.807, 2.05) is 5.51 Å². The van der Waals surface area contributed by atoms with Gasteiger partial charge in [0.1, 0.15) is 0 Å². The Bertz CT molecular complexity index is 499. The van der Waals surface area contributed by atoms with Gasteiger partial charge in [-0.15, -0.1) is 11.3 Å². The van der Waals surface area contributed by atoms with Crippen molar-refractivity contribution >= 4 is 21.6 Å². The van der Waals surface area contributed by atoms with E-state index in [-0.39, 0.29) is 0 Å². The Balaban J connectivity index is 2.53. The van der Waals surface area contributed by atoms with E-state index in [0.29, 0.717) is 11.8 Å². The Morgan fingerprint density at radius 1 is 1.18 bits per heavy atom. The molecule has 0 spiro atoms. The smallest absolute Gasteiger partial charge is 0.0849 e. The number of hydrogen-bond donors (Lipinski definition) is 0. The Morgan fingerprint density at radius 3 is 2.53 bits per heavy atom. The van der Waals surface area contributed by atoms with Gasteiger partial charge in [-0.1, -0.05) is 46.2 Å². The van der Waals surface area contributed by atoms with E-state index in [0.717, 1.165) is 0 Å². The Morgan fingerprint density at radius 2 is 1.88 bits per heavy atom. The summed E-state index contributed by atoms with van der Waals surface area (Å²) in [6.07, 6.45) is 2.50. The molecule has 0 aliphatic carbocycles. The van der Waals surface area contributed by atoms with E-state index < -0.39 is 0 Å². The molecule has 0 aliphatic heterocycles. The molecular weight excluding hydrogens is 226 g/mol. The van der Waals surface area contributed by atoms with E-state index in [9.17, 15) is 0 Å². The van der Waals surface area contributed by atoms with Crippen LogP contribution in [0, 0.1) is 0 Å². The highest BCUT2D eigenvalue weighted by atomic mass is 32.1. The Labute approximate surface area is 108 Å². The van der Waals surface area contributed by atoms with E-state index in [4.69, 9.17) is 0 Å². The third kappa shape index (κ3) is 2.37. The molecule has 2 aromatic rings. The Kier molecular flexibility index (Phi) is 3.82. The maximum atomic E-state index is 4.56. The highest BCUT2D eigenvalue weighted by Crippen LogP contribution is 2.34. The maximum absolute atomic E-state index is 4.56. The van der Waals surface area contributed by atoms with Crippen LogP contribution in [0.25, 0.3) is 10.2 Å². The van der Waals surface area contributed by atoms with E-state index in [1.165, 1.54) is 34.2 Å². The van der Waals surface area contributed by atoms with Crippen molar-refractivity contribution in [2.75, 3.05) is 0 Å². The van der Waals surface area contributed by atoms with Crippen LogP contribution in [0.5, 0.6) is 0 Å². The quantitative estimate of drug-likeness (QED) is 0.712. The van der Waals surface area contributed by atoms with Crippen LogP contribution in [0.2, 0.25) is 0 Å². The summed E-state index contributed by atoms with van der Waals surface area (Å²) in [4.78, 5) is 4.56. The molecule has 0 fully saturated rings. The third-order valence-corrected chi connectivity index (χ3v) is 4.30. The lowest BCUT2D eigenvalue weighted by Crippen LogP contribution is -1.96. The summed E-state index contributed by atoms with van der Waals surface area (Å²) < 4.78 is 1.40. The fraction of sp³-hybridized carbons (Fsp3) is 0.533. The first-order chi connectivity index (χ1) is 8.15. The molecule has 17 heavy (non-hydrogen) atoms. The summed E-state index contributed by atoms with van der Waals surface area (Å²) in [7, 11) is 0. The number of thiazole rings is 1. The maximum Gasteiger partial charge on any atom is 0.0849 e. The molecule has 2 rings (SSSR count). The molecule has 0 saturated carbocycles. The average molecular weight is 247 g/mol. The molecule has 92 valence electrons. The lowest BCUT2D eigenvalue weighted by molar-refractivity contribution is 0.669. The minimum atomic E-state index is 0.551. The van der Waals surface area contributed by atoms with E-state index in [2.05, 4.69) is 44.8 Å². The zero-order valence-corrected chi connectivity index (χ0v) is 12.0. The normalized spacial score (nSPS) is 13.5. The summed E-state index contributed by atoms with van der Waals surface area (Å²) in [6, 6.07) is 4.59. The minimum Gasteiger partial charge on any atom is -0.244 e. The van der Waals surface area contributed by atoms with Crippen LogP contribution in [-0.2, 0) is 0 Å². The summed E-state index contributed by atoms with van der Waals surface area (Å²) in [6.45, 7) is 9.06. The largest absolute Gasteiger partial charge is 0.244 e. The first-order valence-electron chi connectivity index (χ1n) is 6.51. The summed E-state index contributed by atoms with van der Waals surface area (Å²) in [5, 5.41) is 0. The lowest BCUT2D eigenvalue weighted by atomic mass is 9.92. The average Bonchev–Trinajstić information content (AvgIpc) is 2.76. The van der Waals surface area contributed by atoms with Crippen molar-refractivity contribution < 1.29 is 0 Å². The fourth-order valence-corrected chi connectivity index (χ4v) is 3.38. The second-order valence-corrected chi connectivity index (χ2v) is 5.97. The Hall–Kier alpha value is -0.890. The second kappa shape index (κ2) is 5.18. The standard InChI is InChI=1S/C15H21NS/c1-5-6-11(4)13-8-7-12(10(2)3)14-15(13)17-9-16-14/h7-11H,5-6H2,1-4H3. The van der Waals surface area contributed by atoms with Gasteiger partial charge in [0.15, 0.2) is 0 Å². The van der Waals surface area contributed by atoms with Gasteiger partial charge in [-0.3, -0.25) is 0 Å². The summed E-state index contributed by atoms with van der Waals surface area (Å²) >= 11 is 1.79. The molecule has 1 atom stereocenters. The molecule has 2 heteroatoms. The van der Waals surface area contributed by atoms with E-state index in [1.54, 1.807) is 11.3 Å². The molecule has 1 aromatic heterocycles. The number of fused-ring (bicyclic) bond motifs is 1. The molecule has 1 heterocycles. The molecule has 0 N–H and O–H groups in total.